The highest BCUT2D eigenvalue weighted by molar-refractivity contribution is 5.97. The third-order valence-corrected chi connectivity index (χ3v) is 3.66. The highest BCUT2D eigenvalue weighted by atomic mass is 19.1. The number of carbonyl (C=O) groups excluding carboxylic acids is 1. The minimum atomic E-state index is -0.765. The van der Waals surface area contributed by atoms with Crippen LogP contribution in [0.1, 0.15) is 27.3 Å². The monoisotopic (exact) mass is 300 g/mol. The van der Waals surface area contributed by atoms with Gasteiger partial charge in [-0.05, 0) is 49.2 Å². The molecule has 1 aromatic heterocycles. The van der Waals surface area contributed by atoms with Gasteiger partial charge in [0.25, 0.3) is 0 Å². The molecular formula is C17H14F2N2O. The average molecular weight is 300 g/mol. The minimum Gasteiger partial charge on any atom is -0.342 e. The summed E-state index contributed by atoms with van der Waals surface area (Å²) in [5.74, 6) is -1.43. The van der Waals surface area contributed by atoms with Crippen molar-refractivity contribution in [1.82, 2.24) is 9.97 Å². The third kappa shape index (κ3) is 2.74. The smallest absolute Gasteiger partial charge is 0.170 e. The Morgan fingerprint density at radius 3 is 2.36 bits per heavy atom. The molecule has 0 unspecified atom stereocenters. The number of hydrogen-bond donors (Lipinski definition) is 1. The summed E-state index contributed by atoms with van der Waals surface area (Å²) in [5.41, 5.74) is 3.86. The van der Waals surface area contributed by atoms with Crippen molar-refractivity contribution in [3.63, 3.8) is 0 Å². The van der Waals surface area contributed by atoms with Crippen LogP contribution in [-0.4, -0.2) is 15.8 Å². The van der Waals surface area contributed by atoms with E-state index in [1.165, 1.54) is 0 Å². The first-order valence-corrected chi connectivity index (χ1v) is 6.87. The first-order chi connectivity index (χ1) is 10.4. The lowest BCUT2D eigenvalue weighted by Gasteiger charge is -2.00. The van der Waals surface area contributed by atoms with E-state index in [1.807, 2.05) is 26.0 Å². The fourth-order valence-electron chi connectivity index (χ4n) is 2.38. The second kappa shape index (κ2) is 5.33. The van der Waals surface area contributed by atoms with Gasteiger partial charge >= 0.3 is 0 Å². The molecule has 0 aliphatic heterocycles. The molecular weight excluding hydrogens is 286 g/mol. The van der Waals surface area contributed by atoms with Crippen LogP contribution in [0.3, 0.4) is 0 Å². The van der Waals surface area contributed by atoms with Gasteiger partial charge in [-0.15, -0.1) is 0 Å². The maximum Gasteiger partial charge on any atom is 0.170 e. The Labute approximate surface area is 126 Å². The quantitative estimate of drug-likeness (QED) is 0.746. The number of hydrogen-bond acceptors (Lipinski definition) is 2. The van der Waals surface area contributed by atoms with Gasteiger partial charge in [-0.3, -0.25) is 4.79 Å². The summed E-state index contributed by atoms with van der Waals surface area (Å²) < 4.78 is 26.3. The number of aryl methyl sites for hydroxylation is 2. The van der Waals surface area contributed by atoms with Gasteiger partial charge in [0.15, 0.2) is 5.78 Å². The first-order valence-electron chi connectivity index (χ1n) is 6.87. The largest absolute Gasteiger partial charge is 0.342 e. The number of ketones is 1. The SMILES string of the molecule is Cc1cc2nc(CC(=O)c3cc(F)cc(F)c3)[nH]c2cc1C. The molecule has 1 heterocycles. The van der Waals surface area contributed by atoms with Gasteiger partial charge in [-0.2, -0.15) is 0 Å². The lowest BCUT2D eigenvalue weighted by atomic mass is 10.1. The summed E-state index contributed by atoms with van der Waals surface area (Å²) in [6.07, 6.45) is -0.0321. The van der Waals surface area contributed by atoms with Crippen LogP contribution in [0.5, 0.6) is 0 Å². The highest BCUT2D eigenvalue weighted by Gasteiger charge is 2.13. The predicted molar refractivity (Wildman–Crippen MR) is 80.0 cm³/mol. The molecule has 0 spiro atoms. The van der Waals surface area contributed by atoms with Crippen LogP contribution >= 0.6 is 0 Å². The maximum absolute atomic E-state index is 13.2. The molecule has 2 aromatic carbocycles. The zero-order valence-electron chi connectivity index (χ0n) is 12.2. The number of halogens is 2. The molecule has 3 aromatic rings. The molecule has 0 amide bonds. The summed E-state index contributed by atoms with van der Waals surface area (Å²) in [5, 5.41) is 0. The summed E-state index contributed by atoms with van der Waals surface area (Å²) in [4.78, 5) is 19.6. The number of benzene rings is 2. The Kier molecular flexibility index (Phi) is 3.48. The lowest BCUT2D eigenvalue weighted by Crippen LogP contribution is -2.06. The van der Waals surface area contributed by atoms with Crippen LogP contribution < -0.4 is 0 Å². The van der Waals surface area contributed by atoms with Gasteiger partial charge in [-0.1, -0.05) is 0 Å². The molecule has 3 rings (SSSR count). The molecule has 3 nitrogen and oxygen atoms in total. The first kappa shape index (κ1) is 14.4. The van der Waals surface area contributed by atoms with Crippen LogP contribution in [0.2, 0.25) is 0 Å². The number of nitrogens with one attached hydrogen (secondary N) is 1. The van der Waals surface area contributed by atoms with Crippen molar-refractivity contribution < 1.29 is 13.6 Å². The molecule has 0 radical (unpaired) electrons. The van der Waals surface area contributed by atoms with E-state index >= 15 is 0 Å². The van der Waals surface area contributed by atoms with Gasteiger partial charge in [0, 0.05) is 11.6 Å². The van der Waals surface area contributed by atoms with E-state index in [2.05, 4.69) is 9.97 Å². The molecule has 0 saturated heterocycles. The van der Waals surface area contributed by atoms with Crippen molar-refractivity contribution in [2.24, 2.45) is 0 Å². The summed E-state index contributed by atoms with van der Waals surface area (Å²) in [7, 11) is 0. The standard InChI is InChI=1S/C17H14F2N2O/c1-9-3-14-15(4-10(9)2)21-17(20-14)8-16(22)11-5-12(18)7-13(19)6-11/h3-7H,8H2,1-2H3,(H,20,21). The van der Waals surface area contributed by atoms with Gasteiger partial charge in [0.2, 0.25) is 0 Å². The number of H-pyrrole nitrogens is 1. The fourth-order valence-corrected chi connectivity index (χ4v) is 2.38. The lowest BCUT2D eigenvalue weighted by molar-refractivity contribution is 0.0990. The Bertz CT molecular complexity index is 824. The van der Waals surface area contributed by atoms with E-state index < -0.39 is 11.6 Å². The van der Waals surface area contributed by atoms with Crippen molar-refractivity contribution in [1.29, 1.82) is 0 Å². The van der Waals surface area contributed by atoms with Gasteiger partial charge in [-0.25, -0.2) is 13.8 Å². The number of Topliss-reactive ketones (excluding diaryl/α,β-unsaturated/α-hetero) is 1. The molecule has 112 valence electrons. The van der Waals surface area contributed by atoms with Crippen molar-refractivity contribution in [3.8, 4) is 0 Å². The number of fused-ring (bicyclic) bond motifs is 1. The number of nitrogens with zero attached hydrogens (tertiary/aromatic N) is 1. The molecule has 5 heteroatoms. The van der Waals surface area contributed by atoms with E-state index in [0.717, 1.165) is 40.4 Å². The van der Waals surface area contributed by atoms with Crippen molar-refractivity contribution >= 4 is 16.8 Å². The van der Waals surface area contributed by atoms with Crippen LogP contribution in [0.4, 0.5) is 8.78 Å². The van der Waals surface area contributed by atoms with Crippen LogP contribution in [0.25, 0.3) is 11.0 Å². The average Bonchev–Trinajstić information content (AvgIpc) is 2.79. The van der Waals surface area contributed by atoms with Gasteiger partial charge in [0.1, 0.15) is 17.5 Å². The zero-order valence-corrected chi connectivity index (χ0v) is 12.2. The maximum atomic E-state index is 13.2. The van der Waals surface area contributed by atoms with Crippen molar-refractivity contribution in [2.45, 2.75) is 20.3 Å². The zero-order chi connectivity index (χ0) is 15.9. The summed E-state index contributed by atoms with van der Waals surface area (Å²) >= 11 is 0. The summed E-state index contributed by atoms with van der Waals surface area (Å²) in [6.45, 7) is 3.99. The van der Waals surface area contributed by atoms with E-state index in [9.17, 15) is 13.6 Å². The van der Waals surface area contributed by atoms with Crippen LogP contribution in [0.15, 0.2) is 30.3 Å². The molecule has 0 aliphatic carbocycles. The van der Waals surface area contributed by atoms with Gasteiger partial charge in [0.05, 0.1) is 17.5 Å². The molecule has 0 aliphatic rings. The van der Waals surface area contributed by atoms with E-state index in [1.54, 1.807) is 0 Å². The predicted octanol–water partition coefficient (Wildman–Crippen LogP) is 3.88. The molecule has 0 atom stereocenters. The molecule has 1 N–H and O–H groups in total. The molecule has 22 heavy (non-hydrogen) atoms. The van der Waals surface area contributed by atoms with Gasteiger partial charge < -0.3 is 4.98 Å². The number of aromatic nitrogens is 2. The minimum absolute atomic E-state index is 0.00492. The van der Waals surface area contributed by atoms with Crippen LogP contribution in [0, 0.1) is 25.5 Å². The second-order valence-electron chi connectivity index (χ2n) is 5.40. The molecule has 0 bridgehead atoms. The Morgan fingerprint density at radius 2 is 1.68 bits per heavy atom. The fraction of sp³-hybridized carbons (Fsp3) is 0.176. The van der Waals surface area contributed by atoms with Crippen LogP contribution in [-0.2, 0) is 6.42 Å². The highest BCUT2D eigenvalue weighted by Crippen LogP contribution is 2.18. The molecule has 0 saturated carbocycles. The molecule has 0 fully saturated rings. The number of carbonyl (C=O) groups is 1. The summed E-state index contributed by atoms with van der Waals surface area (Å²) in [6, 6.07) is 6.71. The van der Waals surface area contributed by atoms with Crippen molar-refractivity contribution in [2.75, 3.05) is 0 Å². The second-order valence-corrected chi connectivity index (χ2v) is 5.40. The number of imidazole rings is 1. The van der Waals surface area contributed by atoms with E-state index in [0.29, 0.717) is 5.82 Å². The number of aromatic amines is 1. The Morgan fingerprint density at radius 1 is 1.05 bits per heavy atom. The Balaban J connectivity index is 1.90. The van der Waals surface area contributed by atoms with E-state index in [4.69, 9.17) is 0 Å². The van der Waals surface area contributed by atoms with Crippen molar-refractivity contribution in [3.05, 3.63) is 64.5 Å². The topological polar surface area (TPSA) is 45.8 Å². The third-order valence-electron chi connectivity index (χ3n) is 3.66. The number of rotatable bonds is 3. The normalized spacial score (nSPS) is 11.1. The Hall–Kier alpha value is -2.56. The van der Waals surface area contributed by atoms with E-state index in [-0.39, 0.29) is 17.8 Å².